The second kappa shape index (κ2) is 5.78. The van der Waals surface area contributed by atoms with Gasteiger partial charge in [-0.05, 0) is 34.4 Å². The summed E-state index contributed by atoms with van der Waals surface area (Å²) < 4.78 is 1.64. The minimum absolute atomic E-state index is 0.103. The molecule has 3 aromatic carbocycles. The predicted molar refractivity (Wildman–Crippen MR) is 97.9 cm³/mol. The molecule has 0 fully saturated rings. The second-order valence-electron chi connectivity index (χ2n) is 5.77. The van der Waals surface area contributed by atoms with Crippen LogP contribution in [-0.4, -0.2) is 9.55 Å². The molecule has 0 bridgehead atoms. The van der Waals surface area contributed by atoms with Gasteiger partial charge in [0.05, 0.1) is 17.2 Å². The minimum atomic E-state index is -0.103. The SMILES string of the molecule is Cn1c(=O)cnc2cc(-c3ccccc3)c(-c3ccccc3)cc21. The van der Waals surface area contributed by atoms with Crippen LogP contribution in [0.2, 0.25) is 0 Å². The first-order valence-electron chi connectivity index (χ1n) is 7.85. The van der Waals surface area contributed by atoms with E-state index in [0.29, 0.717) is 0 Å². The molecule has 0 aliphatic rings. The van der Waals surface area contributed by atoms with E-state index in [1.54, 1.807) is 11.6 Å². The molecule has 3 nitrogen and oxygen atoms in total. The smallest absolute Gasteiger partial charge is 0.269 e. The first-order chi connectivity index (χ1) is 11.7. The predicted octanol–water partition coefficient (Wildman–Crippen LogP) is 4.27. The number of hydrogen-bond acceptors (Lipinski definition) is 2. The van der Waals surface area contributed by atoms with Crippen LogP contribution in [0.25, 0.3) is 33.3 Å². The summed E-state index contributed by atoms with van der Waals surface area (Å²) in [6.45, 7) is 0. The molecule has 1 aromatic heterocycles. The molecule has 116 valence electrons. The summed E-state index contributed by atoms with van der Waals surface area (Å²) in [6, 6.07) is 24.6. The molecule has 0 saturated carbocycles. The Kier molecular flexibility index (Phi) is 3.47. The zero-order valence-corrected chi connectivity index (χ0v) is 13.3. The number of benzene rings is 3. The average molecular weight is 312 g/mol. The molecule has 0 aliphatic heterocycles. The van der Waals surface area contributed by atoms with E-state index in [-0.39, 0.29) is 5.56 Å². The first-order valence-corrected chi connectivity index (χ1v) is 7.85. The highest BCUT2D eigenvalue weighted by atomic mass is 16.1. The summed E-state index contributed by atoms with van der Waals surface area (Å²) >= 11 is 0. The third-order valence-electron chi connectivity index (χ3n) is 4.29. The van der Waals surface area contributed by atoms with Crippen molar-refractivity contribution in [3.63, 3.8) is 0 Å². The van der Waals surface area contributed by atoms with Crippen LogP contribution < -0.4 is 5.56 Å². The second-order valence-corrected chi connectivity index (χ2v) is 5.77. The monoisotopic (exact) mass is 312 g/mol. The van der Waals surface area contributed by atoms with Gasteiger partial charge in [0.1, 0.15) is 0 Å². The molecule has 1 heterocycles. The molecule has 0 amide bonds. The van der Waals surface area contributed by atoms with Crippen LogP contribution in [0.3, 0.4) is 0 Å². The topological polar surface area (TPSA) is 34.9 Å². The normalized spacial score (nSPS) is 10.9. The molecule has 0 saturated heterocycles. The van der Waals surface area contributed by atoms with Gasteiger partial charge < -0.3 is 4.57 Å². The van der Waals surface area contributed by atoms with E-state index in [4.69, 9.17) is 0 Å². The Morgan fingerprint density at radius 3 is 1.92 bits per heavy atom. The van der Waals surface area contributed by atoms with Crippen LogP contribution in [0.1, 0.15) is 0 Å². The number of aryl methyl sites for hydroxylation is 1. The van der Waals surface area contributed by atoms with E-state index in [1.807, 2.05) is 36.4 Å². The van der Waals surface area contributed by atoms with Crippen LogP contribution in [0.5, 0.6) is 0 Å². The van der Waals surface area contributed by atoms with Gasteiger partial charge in [0, 0.05) is 7.05 Å². The van der Waals surface area contributed by atoms with Crippen molar-refractivity contribution < 1.29 is 0 Å². The number of hydrogen-bond donors (Lipinski definition) is 0. The van der Waals surface area contributed by atoms with Crippen molar-refractivity contribution in [3.05, 3.63) is 89.3 Å². The number of nitrogens with zero attached hydrogens (tertiary/aromatic N) is 2. The van der Waals surface area contributed by atoms with E-state index < -0.39 is 0 Å². The molecule has 0 N–H and O–H groups in total. The number of rotatable bonds is 2. The summed E-state index contributed by atoms with van der Waals surface area (Å²) in [7, 11) is 1.78. The average Bonchev–Trinajstić information content (AvgIpc) is 2.65. The molecular formula is C21H16N2O. The maximum absolute atomic E-state index is 11.9. The summed E-state index contributed by atoms with van der Waals surface area (Å²) in [5, 5.41) is 0. The third-order valence-corrected chi connectivity index (χ3v) is 4.29. The van der Waals surface area contributed by atoms with E-state index in [1.165, 1.54) is 6.20 Å². The van der Waals surface area contributed by atoms with Gasteiger partial charge in [0.15, 0.2) is 0 Å². The van der Waals surface area contributed by atoms with Crippen LogP contribution in [0.15, 0.2) is 83.8 Å². The van der Waals surface area contributed by atoms with E-state index in [2.05, 4.69) is 41.4 Å². The van der Waals surface area contributed by atoms with Crippen molar-refractivity contribution in [2.75, 3.05) is 0 Å². The molecule has 4 rings (SSSR count). The van der Waals surface area contributed by atoms with Gasteiger partial charge in [0.25, 0.3) is 5.56 Å². The lowest BCUT2D eigenvalue weighted by molar-refractivity contribution is 0.892. The highest BCUT2D eigenvalue weighted by Gasteiger charge is 2.11. The van der Waals surface area contributed by atoms with Gasteiger partial charge in [0.2, 0.25) is 0 Å². The lowest BCUT2D eigenvalue weighted by Crippen LogP contribution is -2.16. The third kappa shape index (κ3) is 2.40. The summed E-state index contributed by atoms with van der Waals surface area (Å²) in [6.07, 6.45) is 1.37. The van der Waals surface area contributed by atoms with E-state index in [9.17, 15) is 4.79 Å². The Morgan fingerprint density at radius 1 is 0.792 bits per heavy atom. The molecule has 0 spiro atoms. The van der Waals surface area contributed by atoms with Gasteiger partial charge in [-0.25, -0.2) is 4.98 Å². The Labute approximate surface area is 139 Å². The van der Waals surface area contributed by atoms with Crippen molar-refractivity contribution in [3.8, 4) is 22.3 Å². The highest BCUT2D eigenvalue weighted by Crippen LogP contribution is 2.34. The van der Waals surface area contributed by atoms with E-state index in [0.717, 1.165) is 33.3 Å². The molecular weight excluding hydrogens is 296 g/mol. The molecule has 0 aliphatic carbocycles. The van der Waals surface area contributed by atoms with Gasteiger partial charge in [-0.2, -0.15) is 0 Å². The molecule has 3 heteroatoms. The van der Waals surface area contributed by atoms with Gasteiger partial charge in [-0.1, -0.05) is 60.7 Å². The fourth-order valence-electron chi connectivity index (χ4n) is 2.99. The molecule has 0 unspecified atom stereocenters. The quantitative estimate of drug-likeness (QED) is 0.554. The summed E-state index contributed by atoms with van der Waals surface area (Å²) in [5.41, 5.74) is 6.01. The maximum atomic E-state index is 11.9. The van der Waals surface area contributed by atoms with Crippen LogP contribution in [0.4, 0.5) is 0 Å². The van der Waals surface area contributed by atoms with Crippen molar-refractivity contribution in [2.45, 2.75) is 0 Å². The summed E-state index contributed by atoms with van der Waals surface area (Å²) in [4.78, 5) is 16.3. The molecule has 4 aromatic rings. The van der Waals surface area contributed by atoms with E-state index >= 15 is 0 Å². The van der Waals surface area contributed by atoms with Gasteiger partial charge in [-0.3, -0.25) is 4.79 Å². The van der Waals surface area contributed by atoms with Crippen LogP contribution in [0, 0.1) is 0 Å². The largest absolute Gasteiger partial charge is 0.309 e. The standard InChI is InChI=1S/C21H16N2O/c1-23-20-13-18(16-10-6-3-7-11-16)17(15-8-4-2-5-9-15)12-19(20)22-14-21(23)24/h2-14H,1H3. The van der Waals surface area contributed by atoms with Crippen molar-refractivity contribution >= 4 is 11.0 Å². The van der Waals surface area contributed by atoms with Gasteiger partial charge >= 0.3 is 0 Å². The fraction of sp³-hybridized carbons (Fsp3) is 0.0476. The summed E-state index contributed by atoms with van der Waals surface area (Å²) in [5.74, 6) is 0. The van der Waals surface area contributed by atoms with Gasteiger partial charge in [-0.15, -0.1) is 0 Å². The molecule has 0 radical (unpaired) electrons. The van der Waals surface area contributed by atoms with Crippen LogP contribution in [-0.2, 0) is 7.05 Å². The molecule has 0 atom stereocenters. The van der Waals surface area contributed by atoms with Crippen molar-refractivity contribution in [1.82, 2.24) is 9.55 Å². The number of fused-ring (bicyclic) bond motifs is 1. The minimum Gasteiger partial charge on any atom is -0.309 e. The fourth-order valence-corrected chi connectivity index (χ4v) is 2.99. The molecule has 24 heavy (non-hydrogen) atoms. The Morgan fingerprint density at radius 2 is 1.33 bits per heavy atom. The Balaban J connectivity index is 2.10. The Bertz CT molecular complexity index is 1070. The first kappa shape index (κ1) is 14.4. The Hall–Kier alpha value is -3.20. The zero-order valence-electron chi connectivity index (χ0n) is 13.3. The van der Waals surface area contributed by atoms with Crippen molar-refractivity contribution in [1.29, 1.82) is 0 Å². The lowest BCUT2D eigenvalue weighted by atomic mass is 9.94. The number of aromatic nitrogens is 2. The highest BCUT2D eigenvalue weighted by molar-refractivity contribution is 5.93. The zero-order chi connectivity index (χ0) is 16.5. The van der Waals surface area contributed by atoms with Crippen LogP contribution >= 0.6 is 0 Å². The van der Waals surface area contributed by atoms with Crippen molar-refractivity contribution in [2.24, 2.45) is 7.05 Å². The lowest BCUT2D eigenvalue weighted by Gasteiger charge is -2.13. The maximum Gasteiger partial charge on any atom is 0.269 e.